The zero-order valence-corrected chi connectivity index (χ0v) is 27.7. The number of rotatable bonds is 12. The number of likely N-dealkylation sites (N-methyl/N-ethyl adjacent to an activating group) is 1. The van der Waals surface area contributed by atoms with Crippen molar-refractivity contribution < 1.29 is 9.53 Å². The Morgan fingerprint density at radius 1 is 0.955 bits per heavy atom. The van der Waals surface area contributed by atoms with Crippen molar-refractivity contribution in [1.29, 1.82) is 0 Å². The number of hydrogen-bond donors (Lipinski definition) is 0. The lowest BCUT2D eigenvalue weighted by molar-refractivity contribution is 0.0782. The topological polar surface area (TPSA) is 53.8 Å². The minimum absolute atomic E-state index is 0.0376. The van der Waals surface area contributed by atoms with E-state index in [9.17, 15) is 4.79 Å². The first-order chi connectivity index (χ1) is 21.3. The SMILES string of the molecule is CCOCCn1c(N2CCCN(CCC(CN(C)C(=O)c3ccc(Cl)cc3)c3ccc(Cl)c(Cl)c3)CC2)nc2ccccc21. The van der Waals surface area contributed by atoms with Crippen LogP contribution in [0, 0.1) is 0 Å². The standard InChI is InChI=1S/C34H40Cl3N5O2/c1-3-44-22-21-42-32-8-5-4-7-31(32)38-34(42)41-17-6-16-40(19-20-41)18-15-27(26-11-14-29(36)30(37)23-26)24-39(2)33(43)25-9-12-28(35)13-10-25/h4-5,7-14,23,27H,3,6,15-22,24H2,1-2H3. The molecule has 2 heterocycles. The number of anilines is 1. The monoisotopic (exact) mass is 655 g/mol. The van der Waals surface area contributed by atoms with E-state index in [-0.39, 0.29) is 11.8 Å². The van der Waals surface area contributed by atoms with Crippen LogP contribution in [0.15, 0.2) is 66.7 Å². The van der Waals surface area contributed by atoms with Crippen LogP contribution in [-0.4, -0.2) is 84.8 Å². The number of imidazole rings is 1. The molecule has 1 atom stereocenters. The highest BCUT2D eigenvalue weighted by Crippen LogP contribution is 2.30. The molecule has 0 bridgehead atoms. The van der Waals surface area contributed by atoms with Crippen molar-refractivity contribution in [2.75, 3.05) is 64.4 Å². The molecule has 0 saturated carbocycles. The zero-order chi connectivity index (χ0) is 31.1. The van der Waals surface area contributed by atoms with Gasteiger partial charge in [-0.2, -0.15) is 0 Å². The summed E-state index contributed by atoms with van der Waals surface area (Å²) in [6.07, 6.45) is 1.92. The molecule has 7 nitrogen and oxygen atoms in total. The summed E-state index contributed by atoms with van der Waals surface area (Å²) in [5.41, 5.74) is 3.85. The van der Waals surface area contributed by atoms with Gasteiger partial charge in [-0.1, -0.05) is 53.0 Å². The second kappa shape index (κ2) is 15.5. The van der Waals surface area contributed by atoms with Crippen LogP contribution in [0.5, 0.6) is 0 Å². The van der Waals surface area contributed by atoms with Gasteiger partial charge in [0.1, 0.15) is 0 Å². The average molecular weight is 657 g/mol. The Bertz CT molecular complexity index is 1540. The number of carbonyl (C=O) groups excluding carboxylic acids is 1. The van der Waals surface area contributed by atoms with E-state index in [1.54, 1.807) is 29.2 Å². The van der Waals surface area contributed by atoms with Gasteiger partial charge >= 0.3 is 0 Å². The molecule has 1 aliphatic heterocycles. The molecule has 1 saturated heterocycles. The van der Waals surface area contributed by atoms with Gasteiger partial charge < -0.3 is 24.0 Å². The minimum Gasteiger partial charge on any atom is -0.380 e. The first-order valence-electron chi connectivity index (χ1n) is 15.3. The van der Waals surface area contributed by atoms with Gasteiger partial charge in [0.15, 0.2) is 0 Å². The molecule has 44 heavy (non-hydrogen) atoms. The molecular formula is C34H40Cl3N5O2. The van der Waals surface area contributed by atoms with Gasteiger partial charge in [-0.05, 0) is 86.9 Å². The maximum absolute atomic E-state index is 13.2. The predicted molar refractivity (Wildman–Crippen MR) is 182 cm³/mol. The molecular weight excluding hydrogens is 617 g/mol. The Hall–Kier alpha value is -2.81. The van der Waals surface area contributed by atoms with Crippen molar-refractivity contribution in [3.63, 3.8) is 0 Å². The van der Waals surface area contributed by atoms with Crippen LogP contribution in [0.25, 0.3) is 11.0 Å². The van der Waals surface area contributed by atoms with E-state index >= 15 is 0 Å². The van der Waals surface area contributed by atoms with Crippen LogP contribution in [0.2, 0.25) is 15.1 Å². The van der Waals surface area contributed by atoms with E-state index in [1.807, 2.05) is 38.2 Å². The Labute approximate surface area is 275 Å². The summed E-state index contributed by atoms with van der Waals surface area (Å²) < 4.78 is 8.00. The molecule has 0 aliphatic carbocycles. The average Bonchev–Trinajstić information content (AvgIpc) is 3.22. The molecule has 10 heteroatoms. The first-order valence-corrected chi connectivity index (χ1v) is 16.4. The maximum Gasteiger partial charge on any atom is 0.253 e. The number of halogens is 3. The van der Waals surface area contributed by atoms with Crippen molar-refractivity contribution in [3.8, 4) is 0 Å². The smallest absolute Gasteiger partial charge is 0.253 e. The van der Waals surface area contributed by atoms with Gasteiger partial charge in [-0.25, -0.2) is 4.98 Å². The lowest BCUT2D eigenvalue weighted by atomic mass is 9.94. The highest BCUT2D eigenvalue weighted by Gasteiger charge is 2.24. The van der Waals surface area contributed by atoms with Gasteiger partial charge in [-0.3, -0.25) is 4.79 Å². The number of nitrogens with zero attached hydrogens (tertiary/aromatic N) is 5. The van der Waals surface area contributed by atoms with Crippen molar-refractivity contribution in [3.05, 3.63) is 92.9 Å². The number of benzene rings is 3. The first kappa shape index (κ1) is 32.6. The number of ether oxygens (including phenoxy) is 1. The summed E-state index contributed by atoms with van der Waals surface area (Å²) in [4.78, 5) is 25.0. The summed E-state index contributed by atoms with van der Waals surface area (Å²) in [6.45, 7) is 9.41. The van der Waals surface area contributed by atoms with Crippen LogP contribution in [-0.2, 0) is 11.3 Å². The Morgan fingerprint density at radius 2 is 1.75 bits per heavy atom. The van der Waals surface area contributed by atoms with E-state index < -0.39 is 0 Å². The summed E-state index contributed by atoms with van der Waals surface area (Å²) in [7, 11) is 1.85. The summed E-state index contributed by atoms with van der Waals surface area (Å²) in [6, 6.07) is 21.2. The number of fused-ring (bicyclic) bond motifs is 1. The van der Waals surface area contributed by atoms with Crippen LogP contribution >= 0.6 is 34.8 Å². The Morgan fingerprint density at radius 3 is 2.52 bits per heavy atom. The number of amides is 1. The number of carbonyl (C=O) groups is 1. The fourth-order valence-corrected chi connectivity index (χ4v) is 6.35. The number of hydrogen-bond acceptors (Lipinski definition) is 5. The molecule has 3 aromatic carbocycles. The zero-order valence-electron chi connectivity index (χ0n) is 25.4. The van der Waals surface area contributed by atoms with Crippen molar-refractivity contribution in [2.45, 2.75) is 32.2 Å². The third kappa shape index (κ3) is 8.06. The lowest BCUT2D eigenvalue weighted by Gasteiger charge is -2.28. The summed E-state index contributed by atoms with van der Waals surface area (Å²) in [5, 5.41) is 1.66. The normalized spacial score (nSPS) is 15.0. The highest BCUT2D eigenvalue weighted by molar-refractivity contribution is 6.42. The highest BCUT2D eigenvalue weighted by atomic mass is 35.5. The second-order valence-electron chi connectivity index (χ2n) is 11.3. The molecule has 1 fully saturated rings. The van der Waals surface area contributed by atoms with Crippen LogP contribution in [0.1, 0.15) is 41.6 Å². The maximum atomic E-state index is 13.2. The summed E-state index contributed by atoms with van der Waals surface area (Å²) >= 11 is 18.7. The van der Waals surface area contributed by atoms with E-state index in [4.69, 9.17) is 44.5 Å². The van der Waals surface area contributed by atoms with Gasteiger partial charge in [-0.15, -0.1) is 0 Å². The largest absolute Gasteiger partial charge is 0.380 e. The third-order valence-corrected chi connectivity index (χ3v) is 9.30. The van der Waals surface area contributed by atoms with Gasteiger partial charge in [0.05, 0.1) is 27.7 Å². The lowest BCUT2D eigenvalue weighted by Crippen LogP contribution is -2.35. The van der Waals surface area contributed by atoms with Crippen LogP contribution in [0.3, 0.4) is 0 Å². The molecule has 1 amide bonds. The van der Waals surface area contributed by atoms with Gasteiger partial charge in [0.2, 0.25) is 5.95 Å². The quantitative estimate of drug-likeness (QED) is 0.148. The predicted octanol–water partition coefficient (Wildman–Crippen LogP) is 7.49. The minimum atomic E-state index is -0.0376. The molecule has 4 aromatic rings. The Balaban J connectivity index is 1.27. The second-order valence-corrected chi connectivity index (χ2v) is 12.5. The van der Waals surface area contributed by atoms with Crippen LogP contribution in [0.4, 0.5) is 5.95 Å². The third-order valence-electron chi connectivity index (χ3n) is 8.31. The van der Waals surface area contributed by atoms with Crippen LogP contribution < -0.4 is 4.90 Å². The van der Waals surface area contributed by atoms with E-state index in [0.717, 1.165) is 74.7 Å². The molecule has 0 spiro atoms. The van der Waals surface area contributed by atoms with E-state index in [0.29, 0.717) is 40.4 Å². The Kier molecular flexibility index (Phi) is 11.4. The molecule has 1 aliphatic rings. The fraction of sp³-hybridized carbons (Fsp3) is 0.412. The fourth-order valence-electron chi connectivity index (χ4n) is 5.91. The summed E-state index contributed by atoms with van der Waals surface area (Å²) in [5.74, 6) is 1.07. The van der Waals surface area contributed by atoms with E-state index in [2.05, 4.69) is 32.6 Å². The van der Waals surface area contributed by atoms with Crippen molar-refractivity contribution >= 4 is 57.7 Å². The van der Waals surface area contributed by atoms with Crippen molar-refractivity contribution in [1.82, 2.24) is 19.4 Å². The van der Waals surface area contributed by atoms with E-state index in [1.165, 1.54) is 0 Å². The molecule has 1 aromatic heterocycles. The van der Waals surface area contributed by atoms with Gasteiger partial charge in [0.25, 0.3) is 5.91 Å². The molecule has 0 radical (unpaired) electrons. The molecule has 1 unspecified atom stereocenters. The van der Waals surface area contributed by atoms with Crippen molar-refractivity contribution in [2.24, 2.45) is 0 Å². The number of para-hydroxylation sites is 2. The number of aromatic nitrogens is 2. The molecule has 5 rings (SSSR count). The molecule has 234 valence electrons. The van der Waals surface area contributed by atoms with Gasteiger partial charge in [0, 0.05) is 62.9 Å². The molecule has 0 N–H and O–H groups in total.